The number of halogens is 4. The van der Waals surface area contributed by atoms with Gasteiger partial charge in [0.1, 0.15) is 5.82 Å². The Hall–Kier alpha value is -3.10. The van der Waals surface area contributed by atoms with Gasteiger partial charge in [-0.15, -0.1) is 0 Å². The highest BCUT2D eigenvalue weighted by molar-refractivity contribution is 5.94. The van der Waals surface area contributed by atoms with Crippen LogP contribution in [0.2, 0.25) is 0 Å². The summed E-state index contributed by atoms with van der Waals surface area (Å²) in [5.41, 5.74) is -0.194. The molecule has 9 heteroatoms. The molecule has 3 amide bonds. The highest BCUT2D eigenvalue weighted by atomic mass is 19.4. The summed E-state index contributed by atoms with van der Waals surface area (Å²) in [5.74, 6) is -0.869. The summed E-state index contributed by atoms with van der Waals surface area (Å²) >= 11 is 0. The van der Waals surface area contributed by atoms with Crippen molar-refractivity contribution in [1.29, 1.82) is 0 Å². The smallest absolute Gasteiger partial charge is 0.350 e. The van der Waals surface area contributed by atoms with Crippen molar-refractivity contribution in [2.24, 2.45) is 0 Å². The fourth-order valence-electron chi connectivity index (χ4n) is 2.16. The largest absolute Gasteiger partial charge is 0.416 e. The van der Waals surface area contributed by atoms with E-state index in [1.54, 1.807) is 0 Å². The van der Waals surface area contributed by atoms with Crippen LogP contribution in [0, 0.1) is 5.82 Å². The van der Waals surface area contributed by atoms with Gasteiger partial charge in [0.05, 0.1) is 5.56 Å². The predicted octanol–water partition coefficient (Wildman–Crippen LogP) is 3.07. The normalized spacial score (nSPS) is 11.0. The van der Waals surface area contributed by atoms with Gasteiger partial charge in [-0.05, 0) is 42.0 Å². The van der Waals surface area contributed by atoms with Crippen molar-refractivity contribution >= 4 is 11.9 Å². The van der Waals surface area contributed by atoms with E-state index in [-0.39, 0.29) is 25.2 Å². The van der Waals surface area contributed by atoms with Gasteiger partial charge in [-0.1, -0.05) is 12.1 Å². The maximum absolute atomic E-state index is 12.8. The highest BCUT2D eigenvalue weighted by Crippen LogP contribution is 2.29. The molecule has 3 N–H and O–H groups in total. The number of rotatable bonds is 6. The van der Waals surface area contributed by atoms with Gasteiger partial charge in [-0.25, -0.2) is 9.18 Å². The lowest BCUT2D eigenvalue weighted by Gasteiger charge is -2.11. The van der Waals surface area contributed by atoms with Gasteiger partial charge < -0.3 is 16.0 Å². The lowest BCUT2D eigenvalue weighted by Crippen LogP contribution is -2.40. The summed E-state index contributed by atoms with van der Waals surface area (Å²) in [5, 5.41) is 7.44. The molecule has 0 atom stereocenters. The van der Waals surface area contributed by atoms with E-state index in [2.05, 4.69) is 16.0 Å². The minimum atomic E-state index is -4.44. The summed E-state index contributed by atoms with van der Waals surface area (Å²) in [7, 11) is 0. The van der Waals surface area contributed by atoms with E-state index in [4.69, 9.17) is 0 Å². The average molecular weight is 383 g/mol. The van der Waals surface area contributed by atoms with Crippen molar-refractivity contribution in [2.45, 2.75) is 12.7 Å². The summed E-state index contributed by atoms with van der Waals surface area (Å²) in [6.07, 6.45) is -4.44. The third kappa shape index (κ3) is 6.61. The second-order valence-electron chi connectivity index (χ2n) is 5.57. The van der Waals surface area contributed by atoms with Crippen LogP contribution in [0.15, 0.2) is 48.5 Å². The molecule has 0 saturated carbocycles. The van der Waals surface area contributed by atoms with Gasteiger partial charge in [-0.2, -0.15) is 13.2 Å². The first-order valence-corrected chi connectivity index (χ1v) is 7.97. The van der Waals surface area contributed by atoms with E-state index in [0.29, 0.717) is 5.56 Å². The van der Waals surface area contributed by atoms with Crippen molar-refractivity contribution < 1.29 is 27.2 Å². The number of hydrogen-bond donors (Lipinski definition) is 3. The predicted molar refractivity (Wildman–Crippen MR) is 90.4 cm³/mol. The molecule has 2 rings (SSSR count). The molecule has 0 bridgehead atoms. The average Bonchev–Trinajstić information content (AvgIpc) is 2.63. The van der Waals surface area contributed by atoms with Crippen LogP contribution in [0.5, 0.6) is 0 Å². The second kappa shape index (κ2) is 9.02. The molecular weight excluding hydrogens is 366 g/mol. The zero-order valence-electron chi connectivity index (χ0n) is 14.1. The van der Waals surface area contributed by atoms with Crippen molar-refractivity contribution in [1.82, 2.24) is 16.0 Å². The SMILES string of the molecule is O=C(NCCNC(=O)c1ccc(F)cc1)NCc1cccc(C(F)(F)F)c1. The van der Waals surface area contributed by atoms with Crippen LogP contribution in [0.25, 0.3) is 0 Å². The first kappa shape index (κ1) is 20.2. The van der Waals surface area contributed by atoms with Gasteiger partial charge in [0.25, 0.3) is 5.91 Å². The molecule has 0 aliphatic heterocycles. The Kier molecular flexibility index (Phi) is 6.75. The Balaban J connectivity index is 1.69. The van der Waals surface area contributed by atoms with Crippen LogP contribution in [0.4, 0.5) is 22.4 Å². The van der Waals surface area contributed by atoms with Crippen molar-refractivity contribution in [3.05, 3.63) is 71.0 Å². The highest BCUT2D eigenvalue weighted by Gasteiger charge is 2.30. The third-order valence-electron chi connectivity index (χ3n) is 3.51. The summed E-state index contributed by atoms with van der Waals surface area (Å²) in [6, 6.07) is 9.06. The number of amides is 3. The molecule has 27 heavy (non-hydrogen) atoms. The number of nitrogens with one attached hydrogen (secondary N) is 3. The van der Waals surface area contributed by atoms with E-state index in [0.717, 1.165) is 24.3 Å². The van der Waals surface area contributed by atoms with Crippen molar-refractivity contribution in [3.8, 4) is 0 Å². The standard InChI is InChI=1S/C18H17F4N3O2/c19-15-6-4-13(5-7-15)16(26)23-8-9-24-17(27)25-11-12-2-1-3-14(10-12)18(20,21)22/h1-7,10H,8-9,11H2,(H,23,26)(H2,24,25,27). The molecule has 0 aliphatic carbocycles. The van der Waals surface area contributed by atoms with Crippen LogP contribution in [0.3, 0.4) is 0 Å². The van der Waals surface area contributed by atoms with Gasteiger partial charge >= 0.3 is 12.2 Å². The van der Waals surface area contributed by atoms with E-state index < -0.39 is 29.5 Å². The zero-order chi connectivity index (χ0) is 19.9. The summed E-state index contributed by atoms with van der Waals surface area (Å²) in [4.78, 5) is 23.4. The fraction of sp³-hybridized carbons (Fsp3) is 0.222. The van der Waals surface area contributed by atoms with Gasteiger partial charge in [0, 0.05) is 25.2 Å². The van der Waals surface area contributed by atoms with Crippen molar-refractivity contribution in [2.75, 3.05) is 13.1 Å². The van der Waals surface area contributed by atoms with Gasteiger partial charge in [0.15, 0.2) is 0 Å². The van der Waals surface area contributed by atoms with E-state index in [9.17, 15) is 27.2 Å². The fourth-order valence-corrected chi connectivity index (χ4v) is 2.16. The van der Waals surface area contributed by atoms with Crippen LogP contribution in [-0.2, 0) is 12.7 Å². The molecule has 144 valence electrons. The summed E-state index contributed by atoms with van der Waals surface area (Å²) < 4.78 is 50.7. The lowest BCUT2D eigenvalue weighted by molar-refractivity contribution is -0.137. The van der Waals surface area contributed by atoms with Gasteiger partial charge in [-0.3, -0.25) is 4.79 Å². The molecule has 0 unspecified atom stereocenters. The minimum absolute atomic E-state index is 0.0717. The van der Waals surface area contributed by atoms with E-state index in [1.165, 1.54) is 24.3 Å². The van der Waals surface area contributed by atoms with Crippen LogP contribution >= 0.6 is 0 Å². The molecule has 0 radical (unpaired) electrons. The Bertz CT molecular complexity index is 792. The minimum Gasteiger partial charge on any atom is -0.350 e. The Labute approximate surface area is 152 Å². The van der Waals surface area contributed by atoms with Crippen LogP contribution in [0.1, 0.15) is 21.5 Å². The molecule has 2 aromatic carbocycles. The quantitative estimate of drug-likeness (QED) is 0.530. The number of urea groups is 1. The molecule has 0 aromatic heterocycles. The molecule has 0 heterocycles. The molecule has 2 aromatic rings. The topological polar surface area (TPSA) is 70.2 Å². The first-order chi connectivity index (χ1) is 12.8. The maximum atomic E-state index is 12.8. The molecule has 0 spiro atoms. The molecule has 0 fully saturated rings. The lowest BCUT2D eigenvalue weighted by atomic mass is 10.1. The van der Waals surface area contributed by atoms with E-state index >= 15 is 0 Å². The van der Waals surface area contributed by atoms with Gasteiger partial charge in [0.2, 0.25) is 0 Å². The number of alkyl halides is 3. The zero-order valence-corrected chi connectivity index (χ0v) is 14.1. The number of carbonyl (C=O) groups excluding carboxylic acids is 2. The number of benzene rings is 2. The van der Waals surface area contributed by atoms with Crippen LogP contribution in [-0.4, -0.2) is 25.0 Å². The number of carbonyl (C=O) groups is 2. The molecular formula is C18H17F4N3O2. The Morgan fingerprint density at radius 2 is 1.56 bits per heavy atom. The first-order valence-electron chi connectivity index (χ1n) is 7.97. The monoisotopic (exact) mass is 383 g/mol. The number of hydrogen-bond acceptors (Lipinski definition) is 2. The molecule has 0 saturated heterocycles. The molecule has 0 aliphatic rings. The maximum Gasteiger partial charge on any atom is 0.416 e. The van der Waals surface area contributed by atoms with E-state index in [1.807, 2.05) is 0 Å². The molecule has 5 nitrogen and oxygen atoms in total. The Morgan fingerprint density at radius 3 is 2.22 bits per heavy atom. The third-order valence-corrected chi connectivity index (χ3v) is 3.51. The second-order valence-corrected chi connectivity index (χ2v) is 5.57. The van der Waals surface area contributed by atoms with Crippen LogP contribution < -0.4 is 16.0 Å². The Morgan fingerprint density at radius 1 is 0.889 bits per heavy atom. The van der Waals surface area contributed by atoms with Crippen molar-refractivity contribution in [3.63, 3.8) is 0 Å². The summed E-state index contributed by atoms with van der Waals surface area (Å²) in [6.45, 7) is 0.173.